The van der Waals surface area contributed by atoms with Crippen LogP contribution in [0, 0.1) is 0 Å². The summed E-state index contributed by atoms with van der Waals surface area (Å²) in [5.41, 5.74) is 1.04. The van der Waals surface area contributed by atoms with Gasteiger partial charge in [-0.15, -0.1) is 11.3 Å². The Morgan fingerprint density at radius 1 is 1.11 bits per heavy atom. The van der Waals surface area contributed by atoms with Crippen molar-refractivity contribution in [2.45, 2.75) is 17.2 Å². The molecule has 1 aromatic heterocycles. The third kappa shape index (κ3) is 4.09. The maximum Gasteiger partial charge on any atom is 0.252 e. The van der Waals surface area contributed by atoms with Gasteiger partial charge in [-0.25, -0.2) is 8.42 Å². The zero-order chi connectivity index (χ0) is 18.9. The lowest BCUT2D eigenvalue weighted by Gasteiger charge is -2.33. The molecule has 0 unspecified atom stereocenters. The van der Waals surface area contributed by atoms with Crippen molar-refractivity contribution >= 4 is 33.0 Å². The molecule has 27 heavy (non-hydrogen) atoms. The highest BCUT2D eigenvalue weighted by Crippen LogP contribution is 2.38. The molecule has 0 saturated carbocycles. The van der Waals surface area contributed by atoms with Crippen molar-refractivity contribution in [3.63, 3.8) is 0 Å². The van der Waals surface area contributed by atoms with Gasteiger partial charge in [0.05, 0.1) is 18.2 Å². The van der Waals surface area contributed by atoms with E-state index in [1.807, 2.05) is 12.1 Å². The molecule has 3 heterocycles. The molecule has 0 spiro atoms. The first-order valence-electron chi connectivity index (χ1n) is 8.88. The summed E-state index contributed by atoms with van der Waals surface area (Å²) < 4.78 is 38.6. The second-order valence-corrected chi connectivity index (χ2v) is 10.1. The highest BCUT2D eigenvalue weighted by molar-refractivity contribution is 7.91. The van der Waals surface area contributed by atoms with Gasteiger partial charge in [-0.2, -0.15) is 4.31 Å². The smallest absolute Gasteiger partial charge is 0.252 e. The second kappa shape index (κ2) is 7.97. The summed E-state index contributed by atoms with van der Waals surface area (Å²) in [6.07, 6.45) is 0.834. The Balaban J connectivity index is 1.41. The molecule has 9 heteroatoms. The molecular formula is C18H21ClN2O4S2. The summed E-state index contributed by atoms with van der Waals surface area (Å²) in [4.78, 5) is 2.23. The molecule has 0 aliphatic carbocycles. The quantitative estimate of drug-likeness (QED) is 0.749. The first kappa shape index (κ1) is 19.0. The molecule has 0 atom stereocenters. The van der Waals surface area contributed by atoms with E-state index < -0.39 is 10.0 Å². The molecule has 2 aliphatic heterocycles. The van der Waals surface area contributed by atoms with Crippen LogP contribution >= 0.6 is 22.9 Å². The van der Waals surface area contributed by atoms with Gasteiger partial charge >= 0.3 is 0 Å². The van der Waals surface area contributed by atoms with Crippen LogP contribution < -0.4 is 9.47 Å². The molecule has 0 radical (unpaired) electrons. The number of fused-ring (bicyclic) bond motifs is 1. The summed E-state index contributed by atoms with van der Waals surface area (Å²) in [5, 5.41) is 2.35. The SMILES string of the molecule is O=S(=O)(c1cccs1)N1CCN(Cc2cc(Cl)c3c(c2)OCCCO3)CC1. The van der Waals surface area contributed by atoms with E-state index in [1.54, 1.807) is 21.8 Å². The van der Waals surface area contributed by atoms with Gasteiger partial charge in [0.25, 0.3) is 10.0 Å². The van der Waals surface area contributed by atoms with Crippen LogP contribution in [0.1, 0.15) is 12.0 Å². The fourth-order valence-electron chi connectivity index (χ4n) is 3.30. The van der Waals surface area contributed by atoms with Gasteiger partial charge in [-0.3, -0.25) is 4.90 Å². The van der Waals surface area contributed by atoms with Crippen molar-refractivity contribution in [1.29, 1.82) is 0 Å². The molecule has 2 aliphatic rings. The van der Waals surface area contributed by atoms with Crippen LogP contribution in [-0.2, 0) is 16.6 Å². The van der Waals surface area contributed by atoms with Crippen LogP contribution in [0.25, 0.3) is 0 Å². The van der Waals surface area contributed by atoms with Gasteiger partial charge in [0.15, 0.2) is 11.5 Å². The van der Waals surface area contributed by atoms with Gasteiger partial charge in [0, 0.05) is 39.1 Å². The van der Waals surface area contributed by atoms with E-state index in [0.29, 0.717) is 66.7 Å². The Kier molecular flexibility index (Phi) is 5.61. The lowest BCUT2D eigenvalue weighted by atomic mass is 10.1. The van der Waals surface area contributed by atoms with Crippen LogP contribution in [0.2, 0.25) is 5.02 Å². The molecule has 2 aromatic rings. The maximum absolute atomic E-state index is 12.6. The average Bonchev–Trinajstić information content (AvgIpc) is 3.09. The van der Waals surface area contributed by atoms with Gasteiger partial charge in [0.1, 0.15) is 4.21 Å². The Labute approximate surface area is 168 Å². The van der Waals surface area contributed by atoms with Crippen molar-refractivity contribution in [3.8, 4) is 11.5 Å². The predicted octanol–water partition coefficient (Wildman–Crippen LogP) is 3.07. The topological polar surface area (TPSA) is 59.1 Å². The minimum atomic E-state index is -3.37. The number of piperazine rings is 1. The molecule has 0 N–H and O–H groups in total. The van der Waals surface area contributed by atoms with Crippen molar-refractivity contribution < 1.29 is 17.9 Å². The van der Waals surface area contributed by atoms with Crippen LogP contribution in [0.5, 0.6) is 11.5 Å². The number of thiophene rings is 1. The second-order valence-electron chi connectivity index (χ2n) is 6.57. The molecule has 1 aromatic carbocycles. The fourth-order valence-corrected chi connectivity index (χ4v) is 6.15. The number of hydrogen-bond acceptors (Lipinski definition) is 6. The molecule has 4 rings (SSSR count). The third-order valence-corrected chi connectivity index (χ3v) is 8.24. The van der Waals surface area contributed by atoms with E-state index in [1.165, 1.54) is 11.3 Å². The molecule has 146 valence electrons. The minimum Gasteiger partial charge on any atom is -0.489 e. The zero-order valence-corrected chi connectivity index (χ0v) is 17.2. The number of ether oxygens (including phenoxy) is 2. The number of rotatable bonds is 4. The van der Waals surface area contributed by atoms with Crippen molar-refractivity contribution in [3.05, 3.63) is 40.2 Å². The van der Waals surface area contributed by atoms with Gasteiger partial charge < -0.3 is 9.47 Å². The summed E-state index contributed by atoms with van der Waals surface area (Å²) in [6, 6.07) is 7.30. The predicted molar refractivity (Wildman–Crippen MR) is 105 cm³/mol. The van der Waals surface area contributed by atoms with Gasteiger partial charge in [0.2, 0.25) is 0 Å². The van der Waals surface area contributed by atoms with Crippen LogP contribution in [0.3, 0.4) is 0 Å². The zero-order valence-electron chi connectivity index (χ0n) is 14.8. The molecule has 6 nitrogen and oxygen atoms in total. The van der Waals surface area contributed by atoms with Crippen LogP contribution in [0.4, 0.5) is 0 Å². The molecule has 1 fully saturated rings. The third-order valence-electron chi connectivity index (χ3n) is 4.69. The minimum absolute atomic E-state index is 0.408. The van der Waals surface area contributed by atoms with E-state index in [-0.39, 0.29) is 0 Å². The summed E-state index contributed by atoms with van der Waals surface area (Å²) in [6.45, 7) is 4.24. The van der Waals surface area contributed by atoms with Crippen molar-refractivity contribution in [1.82, 2.24) is 9.21 Å². The van der Waals surface area contributed by atoms with Crippen LogP contribution in [0.15, 0.2) is 33.9 Å². The number of hydrogen-bond donors (Lipinski definition) is 0. The Hall–Kier alpha value is -1.32. The molecule has 0 amide bonds. The van der Waals surface area contributed by atoms with Gasteiger partial charge in [-0.05, 0) is 29.1 Å². The first-order chi connectivity index (χ1) is 13.0. The first-order valence-corrected chi connectivity index (χ1v) is 11.6. The fraction of sp³-hybridized carbons (Fsp3) is 0.444. The van der Waals surface area contributed by atoms with E-state index in [9.17, 15) is 8.42 Å². The summed E-state index contributed by atoms with van der Waals surface area (Å²) in [7, 11) is -3.37. The Morgan fingerprint density at radius 2 is 1.89 bits per heavy atom. The number of benzene rings is 1. The number of nitrogens with zero attached hydrogens (tertiary/aromatic N) is 2. The monoisotopic (exact) mass is 428 g/mol. The average molecular weight is 429 g/mol. The summed E-state index contributed by atoms with van der Waals surface area (Å²) >= 11 is 7.63. The molecule has 0 bridgehead atoms. The summed E-state index contributed by atoms with van der Waals surface area (Å²) in [5.74, 6) is 1.30. The van der Waals surface area contributed by atoms with E-state index in [4.69, 9.17) is 21.1 Å². The Bertz CT molecular complexity index is 894. The normalized spacial score (nSPS) is 19.0. The lowest BCUT2D eigenvalue weighted by molar-refractivity contribution is 0.181. The highest BCUT2D eigenvalue weighted by Gasteiger charge is 2.29. The van der Waals surface area contributed by atoms with Gasteiger partial charge in [-0.1, -0.05) is 17.7 Å². The Morgan fingerprint density at radius 3 is 2.63 bits per heavy atom. The van der Waals surface area contributed by atoms with Crippen LogP contribution in [-0.4, -0.2) is 57.0 Å². The highest BCUT2D eigenvalue weighted by atomic mass is 35.5. The standard InChI is InChI=1S/C18H21ClN2O4S2/c19-15-11-14(12-16-18(15)25-9-2-8-24-16)13-20-4-6-21(7-5-20)27(22,23)17-3-1-10-26-17/h1,3,10-12H,2,4-9,13H2. The largest absolute Gasteiger partial charge is 0.489 e. The van der Waals surface area contributed by atoms with E-state index >= 15 is 0 Å². The maximum atomic E-state index is 12.6. The van der Waals surface area contributed by atoms with E-state index in [2.05, 4.69) is 4.90 Å². The van der Waals surface area contributed by atoms with Crippen molar-refractivity contribution in [2.24, 2.45) is 0 Å². The lowest BCUT2D eigenvalue weighted by Crippen LogP contribution is -2.48. The number of sulfonamides is 1. The molecular weight excluding hydrogens is 408 g/mol. The molecule has 1 saturated heterocycles. The van der Waals surface area contributed by atoms with Crippen molar-refractivity contribution in [2.75, 3.05) is 39.4 Å². The van der Waals surface area contributed by atoms with E-state index in [0.717, 1.165) is 12.0 Å². The number of halogens is 1.